The standard InChI is InChI=1S/C6H13N3O3/c1-4(5(11-2)12-3)8-9-6(7)10/h5H,1-3H3,(H3,7,9,10)/b8-4-. The lowest BCUT2D eigenvalue weighted by atomic mass is 10.4. The summed E-state index contributed by atoms with van der Waals surface area (Å²) in [4.78, 5) is 10.2. The van der Waals surface area contributed by atoms with E-state index in [1.807, 2.05) is 0 Å². The molecule has 2 amide bonds. The zero-order chi connectivity index (χ0) is 9.56. The monoisotopic (exact) mass is 175 g/mol. The van der Waals surface area contributed by atoms with E-state index in [9.17, 15) is 4.79 Å². The van der Waals surface area contributed by atoms with Crippen LogP contribution in [0.1, 0.15) is 6.92 Å². The van der Waals surface area contributed by atoms with Gasteiger partial charge in [-0.15, -0.1) is 0 Å². The number of carbonyl (C=O) groups is 1. The molecule has 6 nitrogen and oxygen atoms in total. The van der Waals surface area contributed by atoms with Crippen LogP contribution in [0.15, 0.2) is 5.10 Å². The molecule has 0 aromatic heterocycles. The topological polar surface area (TPSA) is 85.9 Å². The van der Waals surface area contributed by atoms with Crippen LogP contribution in [-0.4, -0.2) is 32.3 Å². The van der Waals surface area contributed by atoms with Crippen LogP contribution < -0.4 is 11.2 Å². The Morgan fingerprint density at radius 3 is 2.33 bits per heavy atom. The Morgan fingerprint density at radius 1 is 1.50 bits per heavy atom. The normalized spacial score (nSPS) is 11.8. The molecule has 0 atom stereocenters. The summed E-state index contributed by atoms with van der Waals surface area (Å²) in [6.45, 7) is 1.65. The molecule has 0 aromatic carbocycles. The van der Waals surface area contributed by atoms with Crippen LogP contribution in [0.3, 0.4) is 0 Å². The number of hydrogen-bond donors (Lipinski definition) is 2. The van der Waals surface area contributed by atoms with Crippen molar-refractivity contribution < 1.29 is 14.3 Å². The third kappa shape index (κ3) is 3.89. The quantitative estimate of drug-likeness (QED) is 0.348. The van der Waals surface area contributed by atoms with Crippen molar-refractivity contribution in [1.82, 2.24) is 5.43 Å². The van der Waals surface area contributed by atoms with Crippen molar-refractivity contribution in [3.05, 3.63) is 0 Å². The Labute approximate surface area is 70.7 Å². The van der Waals surface area contributed by atoms with Gasteiger partial charge in [0, 0.05) is 14.2 Å². The summed E-state index contributed by atoms with van der Waals surface area (Å²) in [5.74, 6) is 0. The molecule has 0 rings (SSSR count). The summed E-state index contributed by atoms with van der Waals surface area (Å²) in [6, 6.07) is -0.722. The van der Waals surface area contributed by atoms with E-state index >= 15 is 0 Å². The molecule has 3 N–H and O–H groups in total. The second-order valence-electron chi connectivity index (χ2n) is 2.03. The van der Waals surface area contributed by atoms with Gasteiger partial charge >= 0.3 is 6.03 Å². The van der Waals surface area contributed by atoms with Gasteiger partial charge in [0.05, 0.1) is 5.71 Å². The van der Waals surface area contributed by atoms with Gasteiger partial charge in [-0.3, -0.25) is 0 Å². The van der Waals surface area contributed by atoms with Gasteiger partial charge in [0.25, 0.3) is 0 Å². The first kappa shape index (κ1) is 10.9. The number of urea groups is 1. The van der Waals surface area contributed by atoms with Gasteiger partial charge in [-0.25, -0.2) is 10.2 Å². The van der Waals surface area contributed by atoms with Gasteiger partial charge in [0.15, 0.2) is 6.29 Å². The summed E-state index contributed by atoms with van der Waals surface area (Å²) < 4.78 is 9.70. The molecule has 0 fully saturated rings. The summed E-state index contributed by atoms with van der Waals surface area (Å²) in [6.07, 6.45) is -0.558. The molecule has 0 aliphatic heterocycles. The Morgan fingerprint density at radius 2 is 2.00 bits per heavy atom. The molecule has 6 heteroatoms. The fourth-order valence-corrected chi connectivity index (χ4v) is 0.633. The summed E-state index contributed by atoms with van der Waals surface area (Å²) in [7, 11) is 2.94. The van der Waals surface area contributed by atoms with Gasteiger partial charge in [-0.2, -0.15) is 5.10 Å². The predicted molar refractivity (Wildman–Crippen MR) is 43.6 cm³/mol. The highest BCUT2D eigenvalue weighted by molar-refractivity contribution is 5.86. The molecule has 0 aliphatic carbocycles. The first-order valence-electron chi connectivity index (χ1n) is 3.27. The van der Waals surface area contributed by atoms with Gasteiger partial charge in [-0.1, -0.05) is 0 Å². The van der Waals surface area contributed by atoms with E-state index in [4.69, 9.17) is 15.2 Å². The number of amides is 2. The Hall–Kier alpha value is -1.14. The van der Waals surface area contributed by atoms with Gasteiger partial charge in [-0.05, 0) is 6.92 Å². The van der Waals surface area contributed by atoms with Crippen LogP contribution in [-0.2, 0) is 9.47 Å². The van der Waals surface area contributed by atoms with E-state index in [-0.39, 0.29) is 0 Å². The highest BCUT2D eigenvalue weighted by atomic mass is 16.7. The summed E-state index contributed by atoms with van der Waals surface area (Å²) >= 11 is 0. The Bertz CT molecular complexity index is 177. The SMILES string of the molecule is COC(OC)/C(C)=N\NC(N)=O. The lowest BCUT2D eigenvalue weighted by Gasteiger charge is -2.11. The van der Waals surface area contributed by atoms with Crippen LogP contribution >= 0.6 is 0 Å². The number of hydrogen-bond acceptors (Lipinski definition) is 4. The lowest BCUT2D eigenvalue weighted by Crippen LogP contribution is -2.29. The molecule has 70 valence electrons. The molecule has 0 heterocycles. The van der Waals surface area contributed by atoms with Crippen molar-refractivity contribution in [2.75, 3.05) is 14.2 Å². The maximum absolute atomic E-state index is 10.2. The number of rotatable bonds is 4. The fraction of sp³-hybridized carbons (Fsp3) is 0.667. The highest BCUT2D eigenvalue weighted by Gasteiger charge is 2.08. The van der Waals surface area contributed by atoms with E-state index in [1.54, 1.807) is 6.92 Å². The molecule has 0 saturated carbocycles. The average molecular weight is 175 g/mol. The molecule has 0 radical (unpaired) electrons. The number of nitrogens with one attached hydrogen (secondary N) is 1. The minimum absolute atomic E-state index is 0.485. The molecular formula is C6H13N3O3. The minimum atomic E-state index is -0.722. The van der Waals surface area contributed by atoms with Crippen LogP contribution in [0.5, 0.6) is 0 Å². The maximum Gasteiger partial charge on any atom is 0.332 e. The Kier molecular flexibility index (Phi) is 4.98. The number of carbonyl (C=O) groups excluding carboxylic acids is 1. The van der Waals surface area contributed by atoms with Crippen LogP contribution in [0.2, 0.25) is 0 Å². The molecule has 0 unspecified atom stereocenters. The zero-order valence-corrected chi connectivity index (χ0v) is 7.33. The van der Waals surface area contributed by atoms with E-state index in [0.29, 0.717) is 5.71 Å². The van der Waals surface area contributed by atoms with Crippen molar-refractivity contribution in [3.8, 4) is 0 Å². The summed E-state index contributed by atoms with van der Waals surface area (Å²) in [5, 5.41) is 3.61. The number of methoxy groups -OCH3 is 2. The second-order valence-corrected chi connectivity index (χ2v) is 2.03. The van der Waals surface area contributed by atoms with Crippen molar-refractivity contribution in [2.45, 2.75) is 13.2 Å². The number of nitrogens with zero attached hydrogens (tertiary/aromatic N) is 1. The first-order chi connectivity index (χ1) is 5.61. The van der Waals surface area contributed by atoms with E-state index in [2.05, 4.69) is 10.5 Å². The smallest absolute Gasteiger partial charge is 0.332 e. The molecule has 0 spiro atoms. The maximum atomic E-state index is 10.2. The van der Waals surface area contributed by atoms with Crippen LogP contribution in [0.4, 0.5) is 4.79 Å². The van der Waals surface area contributed by atoms with Crippen molar-refractivity contribution in [3.63, 3.8) is 0 Å². The molecule has 0 aromatic rings. The lowest BCUT2D eigenvalue weighted by molar-refractivity contribution is -0.0525. The minimum Gasteiger partial charge on any atom is -0.351 e. The predicted octanol–water partition coefficient (Wildman–Crippen LogP) is -0.351. The third-order valence-electron chi connectivity index (χ3n) is 1.11. The number of primary amides is 1. The van der Waals surface area contributed by atoms with E-state index in [0.717, 1.165) is 0 Å². The number of nitrogens with two attached hydrogens (primary N) is 1. The number of ether oxygens (including phenoxy) is 2. The van der Waals surface area contributed by atoms with Crippen molar-refractivity contribution in [1.29, 1.82) is 0 Å². The largest absolute Gasteiger partial charge is 0.351 e. The fourth-order valence-electron chi connectivity index (χ4n) is 0.633. The van der Waals surface area contributed by atoms with Gasteiger partial charge < -0.3 is 15.2 Å². The molecule has 12 heavy (non-hydrogen) atoms. The molecule has 0 bridgehead atoms. The highest BCUT2D eigenvalue weighted by Crippen LogP contribution is 1.93. The Balaban J connectivity index is 4.04. The summed E-state index contributed by atoms with van der Waals surface area (Å²) in [5.41, 5.74) is 7.33. The molecular weight excluding hydrogens is 162 g/mol. The second kappa shape index (κ2) is 5.50. The molecule has 0 aliphatic rings. The van der Waals surface area contributed by atoms with Crippen LogP contribution in [0.25, 0.3) is 0 Å². The van der Waals surface area contributed by atoms with Gasteiger partial charge in [0.2, 0.25) is 0 Å². The molecule has 0 saturated heterocycles. The van der Waals surface area contributed by atoms with Crippen molar-refractivity contribution >= 4 is 11.7 Å². The first-order valence-corrected chi connectivity index (χ1v) is 3.27. The van der Waals surface area contributed by atoms with E-state index < -0.39 is 12.3 Å². The van der Waals surface area contributed by atoms with Crippen LogP contribution in [0, 0.1) is 0 Å². The zero-order valence-electron chi connectivity index (χ0n) is 7.33. The van der Waals surface area contributed by atoms with Crippen molar-refractivity contribution in [2.24, 2.45) is 10.8 Å². The van der Waals surface area contributed by atoms with Gasteiger partial charge in [0.1, 0.15) is 0 Å². The van der Waals surface area contributed by atoms with E-state index in [1.165, 1.54) is 14.2 Å². The number of hydrazone groups is 1. The average Bonchev–Trinajstić information content (AvgIpc) is 2.03. The third-order valence-corrected chi connectivity index (χ3v) is 1.11.